The molecule has 1 atom stereocenters. The highest BCUT2D eigenvalue weighted by Crippen LogP contribution is 2.30. The summed E-state index contributed by atoms with van der Waals surface area (Å²) in [4.78, 5) is 22.0. The number of esters is 1. The van der Waals surface area contributed by atoms with Gasteiger partial charge in [0.25, 0.3) is 0 Å². The summed E-state index contributed by atoms with van der Waals surface area (Å²) < 4.78 is 10.6. The predicted molar refractivity (Wildman–Crippen MR) is 75.0 cm³/mol. The summed E-state index contributed by atoms with van der Waals surface area (Å²) in [5, 5.41) is 10.9. The third kappa shape index (κ3) is 4.30. The molecule has 112 valence electrons. The zero-order valence-electron chi connectivity index (χ0n) is 11.9. The van der Waals surface area contributed by atoms with Crippen molar-refractivity contribution in [2.75, 3.05) is 6.54 Å². The number of carbonyl (C=O) groups excluding carboxylic acids is 1. The van der Waals surface area contributed by atoms with Crippen LogP contribution in [0.1, 0.15) is 31.7 Å². The van der Waals surface area contributed by atoms with E-state index in [9.17, 15) is 14.9 Å². The first-order valence-corrected chi connectivity index (χ1v) is 6.65. The Labute approximate surface area is 122 Å². The average Bonchev–Trinajstić information content (AvgIpc) is 2.36. The van der Waals surface area contributed by atoms with Gasteiger partial charge in [-0.15, -0.1) is 0 Å². The Kier molecular flexibility index (Phi) is 4.26. The Morgan fingerprint density at radius 3 is 2.48 bits per heavy atom. The number of ether oxygens (including phenoxy) is 2. The molecule has 1 unspecified atom stereocenters. The van der Waals surface area contributed by atoms with Crippen LogP contribution in [-0.4, -0.2) is 23.2 Å². The van der Waals surface area contributed by atoms with E-state index in [0.29, 0.717) is 5.76 Å². The Morgan fingerprint density at radius 2 is 1.90 bits per heavy atom. The number of allylic oxidation sites excluding steroid dienone is 1. The highest BCUT2D eigenvalue weighted by molar-refractivity contribution is 5.83. The van der Waals surface area contributed by atoms with Crippen LogP contribution in [-0.2, 0) is 14.3 Å². The molecule has 0 aliphatic carbocycles. The summed E-state index contributed by atoms with van der Waals surface area (Å²) >= 11 is 0. The van der Waals surface area contributed by atoms with Crippen LogP contribution in [0.25, 0.3) is 0 Å². The van der Waals surface area contributed by atoms with Crippen molar-refractivity contribution in [2.45, 2.75) is 32.0 Å². The summed E-state index contributed by atoms with van der Waals surface area (Å²) in [5.41, 5.74) is 0.843. The van der Waals surface area contributed by atoms with E-state index in [0.717, 1.165) is 5.56 Å². The van der Waals surface area contributed by atoms with Crippen molar-refractivity contribution in [3.8, 4) is 0 Å². The van der Waals surface area contributed by atoms with Crippen molar-refractivity contribution in [1.82, 2.24) is 0 Å². The third-order valence-electron chi connectivity index (χ3n) is 3.09. The monoisotopic (exact) mass is 291 g/mol. The lowest BCUT2D eigenvalue weighted by Gasteiger charge is -2.31. The summed E-state index contributed by atoms with van der Waals surface area (Å²) in [7, 11) is 0. The number of hydrogen-bond donors (Lipinski definition) is 0. The summed E-state index contributed by atoms with van der Waals surface area (Å²) in [5.74, 6) is -1.48. The minimum Gasteiger partial charge on any atom is -0.457 e. The summed E-state index contributed by atoms with van der Waals surface area (Å²) in [6.07, 6.45) is 1.53. The van der Waals surface area contributed by atoms with Crippen LogP contribution in [0.5, 0.6) is 0 Å². The number of nitrogens with zero attached hydrogens (tertiary/aromatic N) is 1. The van der Waals surface area contributed by atoms with E-state index in [-0.39, 0.29) is 23.8 Å². The van der Waals surface area contributed by atoms with Gasteiger partial charge < -0.3 is 9.47 Å². The molecule has 0 fully saturated rings. The van der Waals surface area contributed by atoms with Gasteiger partial charge in [-0.3, -0.25) is 10.1 Å². The van der Waals surface area contributed by atoms with Gasteiger partial charge in [-0.2, -0.15) is 0 Å². The van der Waals surface area contributed by atoms with Crippen LogP contribution < -0.4 is 0 Å². The minimum atomic E-state index is -1.04. The summed E-state index contributed by atoms with van der Waals surface area (Å²) in [6, 6.07) is 9.18. The van der Waals surface area contributed by atoms with Gasteiger partial charge in [-0.05, 0) is 5.56 Å². The minimum absolute atomic E-state index is 0.222. The van der Waals surface area contributed by atoms with Gasteiger partial charge in [0.2, 0.25) is 12.3 Å². The molecule has 21 heavy (non-hydrogen) atoms. The van der Waals surface area contributed by atoms with Gasteiger partial charge in [-0.1, -0.05) is 30.3 Å². The van der Waals surface area contributed by atoms with Crippen molar-refractivity contribution in [1.29, 1.82) is 0 Å². The zero-order valence-corrected chi connectivity index (χ0v) is 11.9. The molecular formula is C15H17NO5. The molecule has 2 rings (SSSR count). The van der Waals surface area contributed by atoms with Crippen molar-refractivity contribution >= 4 is 5.97 Å². The van der Waals surface area contributed by atoms with E-state index < -0.39 is 11.8 Å². The molecule has 0 aromatic heterocycles. The lowest BCUT2D eigenvalue weighted by Crippen LogP contribution is -2.34. The molecule has 0 saturated heterocycles. The second kappa shape index (κ2) is 5.95. The lowest BCUT2D eigenvalue weighted by molar-refractivity contribution is -0.483. The predicted octanol–water partition coefficient (Wildman–Crippen LogP) is 2.63. The highest BCUT2D eigenvalue weighted by Gasteiger charge is 2.32. The molecule has 1 aliphatic rings. The number of carbonyl (C=O) groups is 1. The second-order valence-corrected chi connectivity index (χ2v) is 5.36. The topological polar surface area (TPSA) is 78.7 Å². The van der Waals surface area contributed by atoms with Crippen LogP contribution in [0.4, 0.5) is 0 Å². The van der Waals surface area contributed by atoms with Gasteiger partial charge >= 0.3 is 5.97 Å². The van der Waals surface area contributed by atoms with Crippen LogP contribution >= 0.6 is 0 Å². The van der Waals surface area contributed by atoms with Crippen molar-refractivity contribution in [2.24, 2.45) is 0 Å². The average molecular weight is 291 g/mol. The molecule has 0 bridgehead atoms. The van der Waals surface area contributed by atoms with E-state index in [1.54, 1.807) is 13.8 Å². The van der Waals surface area contributed by atoms with E-state index in [2.05, 4.69) is 0 Å². The van der Waals surface area contributed by atoms with Crippen molar-refractivity contribution < 1.29 is 19.2 Å². The molecule has 0 N–H and O–H groups in total. The molecule has 6 nitrogen and oxygen atoms in total. The fourth-order valence-corrected chi connectivity index (χ4v) is 2.31. The maximum Gasteiger partial charge on any atom is 0.337 e. The standard InChI is InChI=1S/C15H17NO5/c1-15(2)20-13(9-14(17)21-15)8-12(10-16(18)19)11-6-4-3-5-7-11/h3-7,9,12H,8,10H2,1-2H3. The molecule has 1 aromatic rings. The van der Waals surface area contributed by atoms with Gasteiger partial charge in [0.15, 0.2) is 0 Å². The number of cyclic esters (lactones) is 1. The Hall–Kier alpha value is -2.37. The van der Waals surface area contributed by atoms with Crippen LogP contribution in [0.2, 0.25) is 0 Å². The second-order valence-electron chi connectivity index (χ2n) is 5.36. The molecule has 0 spiro atoms. The Balaban J connectivity index is 2.19. The molecule has 0 saturated carbocycles. The fraction of sp³-hybridized carbons (Fsp3) is 0.400. The number of rotatable bonds is 5. The van der Waals surface area contributed by atoms with E-state index in [1.807, 2.05) is 30.3 Å². The van der Waals surface area contributed by atoms with Crippen LogP contribution in [0.15, 0.2) is 42.2 Å². The molecule has 1 heterocycles. The van der Waals surface area contributed by atoms with Gasteiger partial charge in [0.05, 0.1) is 12.0 Å². The Morgan fingerprint density at radius 1 is 1.24 bits per heavy atom. The number of benzene rings is 1. The van der Waals surface area contributed by atoms with Gasteiger partial charge in [-0.25, -0.2) is 4.79 Å². The smallest absolute Gasteiger partial charge is 0.337 e. The first kappa shape index (κ1) is 15.0. The van der Waals surface area contributed by atoms with Crippen molar-refractivity contribution in [3.05, 3.63) is 57.8 Å². The van der Waals surface area contributed by atoms with Gasteiger partial charge in [0.1, 0.15) is 5.76 Å². The van der Waals surface area contributed by atoms with E-state index >= 15 is 0 Å². The van der Waals surface area contributed by atoms with E-state index in [4.69, 9.17) is 9.47 Å². The highest BCUT2D eigenvalue weighted by atomic mass is 16.7. The molecule has 1 aliphatic heterocycles. The molecule has 0 amide bonds. The van der Waals surface area contributed by atoms with Gasteiger partial charge in [0, 0.05) is 25.2 Å². The lowest BCUT2D eigenvalue weighted by atomic mass is 9.94. The number of nitro groups is 1. The maximum atomic E-state index is 11.5. The van der Waals surface area contributed by atoms with E-state index in [1.165, 1.54) is 6.08 Å². The molecule has 6 heteroatoms. The van der Waals surface area contributed by atoms with Crippen LogP contribution in [0, 0.1) is 10.1 Å². The number of hydrogen-bond acceptors (Lipinski definition) is 5. The third-order valence-corrected chi connectivity index (χ3v) is 3.09. The first-order valence-electron chi connectivity index (χ1n) is 6.65. The normalized spacial score (nSPS) is 18.2. The van der Waals surface area contributed by atoms with Crippen LogP contribution in [0.3, 0.4) is 0 Å². The zero-order chi connectivity index (χ0) is 15.5. The Bertz CT molecular complexity index is 565. The first-order chi connectivity index (χ1) is 9.85. The molecule has 1 aromatic carbocycles. The largest absolute Gasteiger partial charge is 0.457 e. The molecular weight excluding hydrogens is 274 g/mol. The summed E-state index contributed by atoms with van der Waals surface area (Å²) in [6.45, 7) is 3.03. The van der Waals surface area contributed by atoms with Crippen molar-refractivity contribution in [3.63, 3.8) is 0 Å². The maximum absolute atomic E-state index is 11.5. The molecule has 0 radical (unpaired) electrons. The fourth-order valence-electron chi connectivity index (χ4n) is 2.31. The SMILES string of the molecule is CC1(C)OC(=O)C=C(CC(C[N+](=O)[O-])c2ccccc2)O1. The quantitative estimate of drug-likeness (QED) is 0.473.